The minimum Gasteiger partial charge on any atom is -0.463 e. The van der Waals surface area contributed by atoms with Crippen LogP contribution in [-0.4, -0.2) is 30.2 Å². The first-order chi connectivity index (χ1) is 16.5. The number of allylic oxidation sites excluding steroid dienone is 1. The van der Waals surface area contributed by atoms with Crippen LogP contribution in [0.5, 0.6) is 11.5 Å². The van der Waals surface area contributed by atoms with Gasteiger partial charge in [-0.15, -0.1) is 11.8 Å². The van der Waals surface area contributed by atoms with Crippen LogP contribution in [0.1, 0.15) is 31.0 Å². The monoisotopic (exact) mass is 494 g/mol. The highest BCUT2D eigenvalue weighted by molar-refractivity contribution is 7.98. The van der Waals surface area contributed by atoms with Gasteiger partial charge in [0.2, 0.25) is 6.79 Å². The summed E-state index contributed by atoms with van der Waals surface area (Å²) in [4.78, 5) is 32.8. The Kier molecular flexibility index (Phi) is 6.05. The second-order valence-corrected chi connectivity index (χ2v) is 9.58. The molecule has 5 rings (SSSR count). The van der Waals surface area contributed by atoms with Crippen molar-refractivity contribution in [2.75, 3.05) is 19.7 Å². The third kappa shape index (κ3) is 3.95. The predicted molar refractivity (Wildman–Crippen MR) is 131 cm³/mol. The van der Waals surface area contributed by atoms with Crippen molar-refractivity contribution in [2.24, 2.45) is 4.99 Å². The molecule has 1 atom stereocenters. The van der Waals surface area contributed by atoms with Crippen molar-refractivity contribution in [1.29, 1.82) is 0 Å². The third-order valence-corrected chi connectivity index (χ3v) is 7.37. The SMILES string of the molecule is CCOC(=O)C1=C(C)N=c2s/c(=C\c3ccc4c(c3)OCO4)c(=O)n2[C@H]1c1ccc(SC)cc1. The molecule has 0 unspecified atom stereocenters. The van der Waals surface area contributed by atoms with E-state index < -0.39 is 12.0 Å². The summed E-state index contributed by atoms with van der Waals surface area (Å²) in [6.07, 6.45) is 3.81. The van der Waals surface area contributed by atoms with Gasteiger partial charge >= 0.3 is 5.97 Å². The van der Waals surface area contributed by atoms with Crippen LogP contribution in [0.25, 0.3) is 6.08 Å². The minimum atomic E-state index is -0.620. The Morgan fingerprint density at radius 1 is 1.24 bits per heavy atom. The van der Waals surface area contributed by atoms with Crippen molar-refractivity contribution in [3.05, 3.63) is 84.5 Å². The summed E-state index contributed by atoms with van der Waals surface area (Å²) in [7, 11) is 0. The van der Waals surface area contributed by atoms with Crippen LogP contribution in [0.4, 0.5) is 0 Å². The van der Waals surface area contributed by atoms with E-state index in [0.29, 0.717) is 32.1 Å². The molecule has 174 valence electrons. The van der Waals surface area contributed by atoms with Crippen LogP contribution in [0.15, 0.2) is 68.4 Å². The second-order valence-electron chi connectivity index (χ2n) is 7.69. The van der Waals surface area contributed by atoms with E-state index >= 15 is 0 Å². The number of carbonyl (C=O) groups is 1. The van der Waals surface area contributed by atoms with E-state index in [1.807, 2.05) is 54.8 Å². The van der Waals surface area contributed by atoms with E-state index in [2.05, 4.69) is 4.99 Å². The number of nitrogens with zero attached hydrogens (tertiary/aromatic N) is 2. The van der Waals surface area contributed by atoms with Crippen molar-refractivity contribution in [3.63, 3.8) is 0 Å². The number of hydrogen-bond donors (Lipinski definition) is 0. The molecule has 2 aromatic carbocycles. The highest BCUT2D eigenvalue weighted by Gasteiger charge is 2.33. The van der Waals surface area contributed by atoms with Gasteiger partial charge in [0.1, 0.15) is 0 Å². The lowest BCUT2D eigenvalue weighted by molar-refractivity contribution is -0.139. The fourth-order valence-electron chi connectivity index (χ4n) is 4.05. The van der Waals surface area contributed by atoms with E-state index in [0.717, 1.165) is 16.0 Å². The van der Waals surface area contributed by atoms with Gasteiger partial charge in [0.05, 0.1) is 28.5 Å². The standard InChI is InChI=1S/C25H22N2O5S2/c1-4-30-24(29)21-14(2)26-25-27(22(21)16-6-8-17(33-3)9-7-16)23(28)20(34-25)12-15-5-10-18-19(11-15)32-13-31-18/h5-12,22H,4,13H2,1-3H3/b20-12-/t22-/m0/s1. The highest BCUT2D eigenvalue weighted by Crippen LogP contribution is 2.33. The fourth-order valence-corrected chi connectivity index (χ4v) is 5.50. The number of ether oxygens (including phenoxy) is 3. The predicted octanol–water partition coefficient (Wildman–Crippen LogP) is 3.25. The number of fused-ring (bicyclic) bond motifs is 2. The second kappa shape index (κ2) is 9.15. The van der Waals surface area contributed by atoms with Gasteiger partial charge in [-0.25, -0.2) is 9.79 Å². The molecule has 0 amide bonds. The Morgan fingerprint density at radius 3 is 2.74 bits per heavy atom. The molecule has 7 nitrogen and oxygen atoms in total. The zero-order valence-corrected chi connectivity index (χ0v) is 20.5. The van der Waals surface area contributed by atoms with Crippen LogP contribution in [0, 0.1) is 0 Å². The zero-order valence-electron chi connectivity index (χ0n) is 18.9. The van der Waals surface area contributed by atoms with Gasteiger partial charge in [0.15, 0.2) is 16.3 Å². The first kappa shape index (κ1) is 22.5. The molecule has 0 saturated heterocycles. The zero-order chi connectivity index (χ0) is 23.8. The molecule has 0 N–H and O–H groups in total. The lowest BCUT2D eigenvalue weighted by atomic mass is 9.96. The molecular formula is C25H22N2O5S2. The lowest BCUT2D eigenvalue weighted by Crippen LogP contribution is -2.39. The summed E-state index contributed by atoms with van der Waals surface area (Å²) < 4.78 is 18.3. The summed E-state index contributed by atoms with van der Waals surface area (Å²) in [5.41, 5.74) is 2.35. The quantitative estimate of drug-likeness (QED) is 0.400. The number of thiazole rings is 1. The number of esters is 1. The smallest absolute Gasteiger partial charge is 0.338 e. The molecule has 9 heteroatoms. The Balaban J connectivity index is 1.68. The van der Waals surface area contributed by atoms with Gasteiger partial charge in [-0.3, -0.25) is 9.36 Å². The summed E-state index contributed by atoms with van der Waals surface area (Å²) in [5.74, 6) is 0.864. The third-order valence-electron chi connectivity index (χ3n) is 5.64. The molecule has 1 aromatic heterocycles. The van der Waals surface area contributed by atoms with Crippen molar-refractivity contribution < 1.29 is 19.0 Å². The molecule has 3 aromatic rings. The molecule has 3 heterocycles. The number of aromatic nitrogens is 1. The van der Waals surface area contributed by atoms with Crippen LogP contribution in [-0.2, 0) is 9.53 Å². The maximum Gasteiger partial charge on any atom is 0.338 e. The summed E-state index contributed by atoms with van der Waals surface area (Å²) in [6, 6.07) is 12.8. The Labute approximate surface area is 204 Å². The summed E-state index contributed by atoms with van der Waals surface area (Å²) in [6.45, 7) is 3.97. The molecule has 34 heavy (non-hydrogen) atoms. The average Bonchev–Trinajstić information content (AvgIpc) is 3.42. The van der Waals surface area contributed by atoms with E-state index in [4.69, 9.17) is 14.2 Å². The molecule has 2 aliphatic heterocycles. The molecule has 2 aliphatic rings. The number of benzene rings is 2. The van der Waals surface area contributed by atoms with E-state index in [1.165, 1.54) is 11.3 Å². The molecule has 0 bridgehead atoms. The molecule has 0 fully saturated rings. The number of carbonyl (C=O) groups excluding carboxylic acids is 1. The maximum atomic E-state index is 13.6. The van der Waals surface area contributed by atoms with Gasteiger partial charge in [0, 0.05) is 4.90 Å². The van der Waals surface area contributed by atoms with Gasteiger partial charge in [-0.05, 0) is 61.6 Å². The lowest BCUT2D eigenvalue weighted by Gasteiger charge is -2.24. The Hall–Kier alpha value is -3.30. The van der Waals surface area contributed by atoms with Gasteiger partial charge in [-0.2, -0.15) is 0 Å². The normalized spacial score (nSPS) is 16.9. The maximum absolute atomic E-state index is 13.6. The van der Waals surface area contributed by atoms with Crippen molar-refractivity contribution >= 4 is 35.1 Å². The molecule has 0 saturated carbocycles. The van der Waals surface area contributed by atoms with Crippen molar-refractivity contribution in [2.45, 2.75) is 24.8 Å². The summed E-state index contributed by atoms with van der Waals surface area (Å²) >= 11 is 2.92. The Bertz CT molecular complexity index is 1480. The first-order valence-corrected chi connectivity index (χ1v) is 12.8. The van der Waals surface area contributed by atoms with Crippen LogP contribution in [0.2, 0.25) is 0 Å². The molecule has 0 radical (unpaired) electrons. The minimum absolute atomic E-state index is 0.187. The molecule has 0 spiro atoms. The number of hydrogen-bond acceptors (Lipinski definition) is 8. The molecule has 0 aliphatic carbocycles. The van der Waals surface area contributed by atoms with E-state index in [9.17, 15) is 9.59 Å². The topological polar surface area (TPSA) is 79.1 Å². The van der Waals surface area contributed by atoms with E-state index in [1.54, 1.807) is 30.2 Å². The van der Waals surface area contributed by atoms with Gasteiger partial charge in [-0.1, -0.05) is 29.5 Å². The van der Waals surface area contributed by atoms with Gasteiger partial charge < -0.3 is 14.2 Å². The van der Waals surface area contributed by atoms with Crippen molar-refractivity contribution in [3.8, 4) is 11.5 Å². The van der Waals surface area contributed by atoms with Crippen LogP contribution >= 0.6 is 23.1 Å². The Morgan fingerprint density at radius 2 is 2.00 bits per heavy atom. The van der Waals surface area contributed by atoms with E-state index in [-0.39, 0.29) is 19.0 Å². The fraction of sp³-hybridized carbons (Fsp3) is 0.240. The highest BCUT2D eigenvalue weighted by atomic mass is 32.2. The van der Waals surface area contributed by atoms with Gasteiger partial charge in [0.25, 0.3) is 5.56 Å². The number of thioether (sulfide) groups is 1. The largest absolute Gasteiger partial charge is 0.463 e. The van der Waals surface area contributed by atoms with Crippen molar-refractivity contribution in [1.82, 2.24) is 4.57 Å². The summed E-state index contributed by atoms with van der Waals surface area (Å²) in [5, 5.41) is 0. The first-order valence-electron chi connectivity index (χ1n) is 10.7. The van der Waals surface area contributed by atoms with Crippen LogP contribution < -0.4 is 24.4 Å². The number of rotatable bonds is 5. The van der Waals surface area contributed by atoms with Crippen LogP contribution in [0.3, 0.4) is 0 Å². The molecular weight excluding hydrogens is 472 g/mol. The average molecular weight is 495 g/mol.